The van der Waals surface area contributed by atoms with Crippen LogP contribution in [0.2, 0.25) is 0 Å². The summed E-state index contributed by atoms with van der Waals surface area (Å²) < 4.78 is 3.96. The summed E-state index contributed by atoms with van der Waals surface area (Å²) in [6, 6.07) is 18.0. The third kappa shape index (κ3) is 3.50. The molecule has 158 valence electrons. The van der Waals surface area contributed by atoms with E-state index in [1.54, 1.807) is 23.2 Å². The molecule has 0 amide bonds. The van der Waals surface area contributed by atoms with Crippen LogP contribution < -0.4 is 35.3 Å². The molecule has 3 aliphatic rings. The van der Waals surface area contributed by atoms with Crippen molar-refractivity contribution in [3.05, 3.63) is 106 Å². The number of hydrogen-bond acceptors (Lipinski definition) is 0. The molecule has 3 aromatic carbocycles. The van der Waals surface area contributed by atoms with E-state index in [-0.39, 0.29) is 24.8 Å². The van der Waals surface area contributed by atoms with E-state index in [0.717, 1.165) is 6.42 Å². The Hall–Kier alpha value is -1.79. The molecule has 0 aromatic heterocycles. The van der Waals surface area contributed by atoms with Gasteiger partial charge in [0.15, 0.2) is 0 Å². The molecule has 0 saturated carbocycles. The molecular weight excluding hydrogens is 510 g/mol. The SMILES string of the molecule is C[C](C)=[Zr+2]([C]1=CC=c2c1c1c(c3ccccc23)=CC=CC1)[CH]1C=Cc2ccccc21.[Cl-].[Cl-]. The molecule has 0 N–H and O–H groups in total. The van der Waals surface area contributed by atoms with Crippen molar-refractivity contribution in [2.45, 2.75) is 23.9 Å². The van der Waals surface area contributed by atoms with Crippen molar-refractivity contribution in [3.8, 4) is 0 Å². The normalized spacial score (nSPS) is 16.3. The van der Waals surface area contributed by atoms with Crippen LogP contribution in [0.5, 0.6) is 0 Å². The van der Waals surface area contributed by atoms with E-state index >= 15 is 0 Å². The Morgan fingerprint density at radius 3 is 2.34 bits per heavy atom. The molecular formula is C29H24Cl2Zr. The average Bonchev–Trinajstić information content (AvgIpc) is 3.40. The number of fused-ring (bicyclic) bond motifs is 7. The third-order valence-electron chi connectivity index (χ3n) is 6.75. The summed E-state index contributed by atoms with van der Waals surface area (Å²) >= 11 is -2.14. The smallest absolute Gasteiger partial charge is 1.00 e. The molecule has 1 atom stereocenters. The molecule has 32 heavy (non-hydrogen) atoms. The van der Waals surface area contributed by atoms with Gasteiger partial charge in [0.1, 0.15) is 0 Å². The summed E-state index contributed by atoms with van der Waals surface area (Å²) in [6.45, 7) is 4.78. The second kappa shape index (κ2) is 9.22. The number of hydrogen-bond donors (Lipinski definition) is 0. The van der Waals surface area contributed by atoms with Crippen LogP contribution in [0.1, 0.15) is 39.7 Å². The Labute approximate surface area is 209 Å². The monoisotopic (exact) mass is 532 g/mol. The zero-order chi connectivity index (χ0) is 20.2. The summed E-state index contributed by atoms with van der Waals surface area (Å²) in [5.41, 5.74) is 6.07. The Balaban J connectivity index is 0.00000122. The van der Waals surface area contributed by atoms with E-state index in [4.69, 9.17) is 0 Å². The van der Waals surface area contributed by atoms with E-state index in [2.05, 4.69) is 105 Å². The van der Waals surface area contributed by atoms with Gasteiger partial charge in [0.25, 0.3) is 0 Å². The molecule has 3 heteroatoms. The standard InChI is InChI=1S/C17H11.C9H7.C3H6.2ClH.Zr/c1-3-8-14-12(6-1)13-7-2-4-9-15(13)17-11-5-10-16(14)17;1-2-5-9-7-3-6-8(9)4-1;1-3-2;;;/h1-8,10H,9H2;1-7H;1-2H3;2*1H;/q;;;;;+2/p-2. The molecule has 0 aliphatic heterocycles. The van der Waals surface area contributed by atoms with Crippen molar-refractivity contribution in [1.29, 1.82) is 0 Å². The van der Waals surface area contributed by atoms with Crippen molar-refractivity contribution in [2.24, 2.45) is 0 Å². The summed E-state index contributed by atoms with van der Waals surface area (Å²) in [6.07, 6.45) is 17.7. The number of allylic oxidation sites excluding steroid dienone is 4. The van der Waals surface area contributed by atoms with Gasteiger partial charge in [0.05, 0.1) is 0 Å². The summed E-state index contributed by atoms with van der Waals surface area (Å²) in [4.78, 5) is 0. The van der Waals surface area contributed by atoms with Gasteiger partial charge in [-0.3, -0.25) is 0 Å². The van der Waals surface area contributed by atoms with Crippen molar-refractivity contribution >= 4 is 35.5 Å². The average molecular weight is 535 g/mol. The fourth-order valence-electron chi connectivity index (χ4n) is 5.50. The Bertz CT molecular complexity index is 1480. The second-order valence-corrected chi connectivity index (χ2v) is 16.0. The van der Waals surface area contributed by atoms with Crippen LogP contribution in [-0.4, -0.2) is 3.21 Å². The van der Waals surface area contributed by atoms with E-state index in [0.29, 0.717) is 3.63 Å². The van der Waals surface area contributed by atoms with Gasteiger partial charge in [-0.2, -0.15) is 0 Å². The van der Waals surface area contributed by atoms with Crippen LogP contribution in [0.3, 0.4) is 0 Å². The zero-order valence-corrected chi connectivity index (χ0v) is 22.2. The zero-order valence-electron chi connectivity index (χ0n) is 18.2. The first-order valence-corrected chi connectivity index (χ1v) is 14.7. The maximum atomic E-state index is 2.50. The number of rotatable bonds is 2. The van der Waals surface area contributed by atoms with Crippen molar-refractivity contribution in [3.63, 3.8) is 0 Å². The fraction of sp³-hybridized carbons (Fsp3) is 0.138. The number of benzene rings is 3. The molecule has 3 aliphatic carbocycles. The minimum Gasteiger partial charge on any atom is -1.00 e. The summed E-state index contributed by atoms with van der Waals surface area (Å²) in [7, 11) is 0. The summed E-state index contributed by atoms with van der Waals surface area (Å²) in [5, 5.41) is 5.70. The molecule has 0 nitrogen and oxygen atoms in total. The molecule has 0 fully saturated rings. The maximum Gasteiger partial charge on any atom is -1.00 e. The first kappa shape index (κ1) is 23.4. The van der Waals surface area contributed by atoms with Crippen LogP contribution >= 0.6 is 0 Å². The van der Waals surface area contributed by atoms with Gasteiger partial charge < -0.3 is 24.8 Å². The molecule has 0 saturated heterocycles. The Morgan fingerprint density at radius 1 is 0.844 bits per heavy atom. The van der Waals surface area contributed by atoms with Crippen LogP contribution in [0.15, 0.2) is 72.8 Å². The van der Waals surface area contributed by atoms with E-state index in [1.807, 2.05) is 0 Å². The Morgan fingerprint density at radius 2 is 1.56 bits per heavy atom. The first-order chi connectivity index (χ1) is 14.7. The van der Waals surface area contributed by atoms with Gasteiger partial charge in [0.2, 0.25) is 0 Å². The maximum absolute atomic E-state index is 2.50. The molecule has 0 bridgehead atoms. The van der Waals surface area contributed by atoms with Crippen LogP contribution in [0.4, 0.5) is 0 Å². The van der Waals surface area contributed by atoms with Gasteiger partial charge >= 0.3 is 186 Å². The van der Waals surface area contributed by atoms with Crippen molar-refractivity contribution in [1.82, 2.24) is 0 Å². The Kier molecular flexibility index (Phi) is 6.74. The number of halogens is 2. The van der Waals surface area contributed by atoms with Crippen LogP contribution in [0, 0.1) is 0 Å². The van der Waals surface area contributed by atoms with E-state index in [9.17, 15) is 0 Å². The molecule has 3 aromatic rings. The minimum atomic E-state index is -2.14. The van der Waals surface area contributed by atoms with E-state index < -0.39 is 21.3 Å². The van der Waals surface area contributed by atoms with Gasteiger partial charge in [-0.25, -0.2) is 0 Å². The van der Waals surface area contributed by atoms with Crippen LogP contribution in [-0.2, 0) is 27.7 Å². The first-order valence-electron chi connectivity index (χ1n) is 10.8. The van der Waals surface area contributed by atoms with Gasteiger partial charge in [-0.1, -0.05) is 0 Å². The van der Waals surface area contributed by atoms with Gasteiger partial charge in [0, 0.05) is 0 Å². The van der Waals surface area contributed by atoms with Gasteiger partial charge in [-0.15, -0.1) is 0 Å². The summed E-state index contributed by atoms with van der Waals surface area (Å²) in [5.74, 6) is 0. The van der Waals surface area contributed by atoms with Gasteiger partial charge in [-0.05, 0) is 0 Å². The molecule has 1 unspecified atom stereocenters. The molecule has 0 radical (unpaired) electrons. The largest absolute Gasteiger partial charge is 1.00 e. The quantitative estimate of drug-likeness (QED) is 0.415. The van der Waals surface area contributed by atoms with E-state index in [1.165, 1.54) is 26.8 Å². The minimum absolute atomic E-state index is 0. The topological polar surface area (TPSA) is 0 Å². The molecule has 6 rings (SSSR count). The van der Waals surface area contributed by atoms with Crippen LogP contribution in [0.25, 0.3) is 32.3 Å². The fourth-order valence-corrected chi connectivity index (χ4v) is 13.3. The molecule has 0 heterocycles. The second-order valence-electron chi connectivity index (χ2n) is 8.65. The predicted molar refractivity (Wildman–Crippen MR) is 128 cm³/mol. The van der Waals surface area contributed by atoms with Crippen molar-refractivity contribution < 1.29 is 46.1 Å². The predicted octanol–water partition coefficient (Wildman–Crippen LogP) is -0.526. The van der Waals surface area contributed by atoms with Crippen molar-refractivity contribution in [2.75, 3.05) is 0 Å². The molecule has 0 spiro atoms. The third-order valence-corrected chi connectivity index (χ3v) is 14.6.